The first-order chi connectivity index (χ1) is 15.6. The fraction of sp³-hybridized carbons (Fsp3) is 0.320. The van der Waals surface area contributed by atoms with Crippen molar-refractivity contribution >= 4 is 28.8 Å². The van der Waals surface area contributed by atoms with Crippen molar-refractivity contribution in [2.45, 2.75) is 39.3 Å². The van der Waals surface area contributed by atoms with Gasteiger partial charge in [-0.15, -0.1) is 0 Å². The topological polar surface area (TPSA) is 68.2 Å². The Hall–Kier alpha value is -3.06. The molecule has 0 radical (unpaired) electrons. The molecule has 32 heavy (non-hydrogen) atoms. The lowest BCUT2D eigenvalue weighted by Crippen LogP contribution is -2.45. The summed E-state index contributed by atoms with van der Waals surface area (Å²) in [5, 5.41) is 0.639. The number of carbonyl (C=O) groups excluding carboxylic acids is 2. The SMILES string of the molecule is CCCOC(=O)C1=C(C)N=C2SCCC(=O)N2[C@H]1c1ccc(OCc2ccccc2)cc1. The molecule has 1 amide bonds. The van der Waals surface area contributed by atoms with Crippen molar-refractivity contribution in [3.63, 3.8) is 0 Å². The number of amides is 1. The predicted octanol–water partition coefficient (Wildman–Crippen LogP) is 4.87. The van der Waals surface area contributed by atoms with Crippen molar-refractivity contribution < 1.29 is 19.1 Å². The van der Waals surface area contributed by atoms with E-state index in [0.717, 1.165) is 23.3 Å². The lowest BCUT2D eigenvalue weighted by Gasteiger charge is -2.38. The molecule has 2 aliphatic rings. The highest BCUT2D eigenvalue weighted by Crippen LogP contribution is 2.40. The molecule has 1 fully saturated rings. The second kappa shape index (κ2) is 10.0. The average molecular weight is 451 g/mol. The van der Waals surface area contributed by atoms with E-state index in [0.29, 0.717) is 41.8 Å². The van der Waals surface area contributed by atoms with Crippen LogP contribution in [0.3, 0.4) is 0 Å². The molecule has 2 aromatic carbocycles. The first-order valence-corrected chi connectivity index (χ1v) is 11.7. The normalized spacial score (nSPS) is 18.2. The Kier molecular flexibility index (Phi) is 6.95. The third kappa shape index (κ3) is 4.72. The third-order valence-electron chi connectivity index (χ3n) is 5.31. The highest BCUT2D eigenvalue weighted by Gasteiger charge is 2.41. The Morgan fingerprint density at radius 1 is 1.16 bits per heavy atom. The van der Waals surface area contributed by atoms with Gasteiger partial charge in [-0.25, -0.2) is 9.79 Å². The van der Waals surface area contributed by atoms with Gasteiger partial charge in [0.15, 0.2) is 5.17 Å². The molecule has 4 rings (SSSR count). The maximum absolute atomic E-state index is 12.9. The Balaban J connectivity index is 1.62. The van der Waals surface area contributed by atoms with Crippen molar-refractivity contribution in [1.29, 1.82) is 0 Å². The number of benzene rings is 2. The number of ether oxygens (including phenoxy) is 2. The smallest absolute Gasteiger partial charge is 0.338 e. The van der Waals surface area contributed by atoms with Crippen LogP contribution in [0.25, 0.3) is 0 Å². The van der Waals surface area contributed by atoms with Gasteiger partial charge in [0, 0.05) is 12.2 Å². The molecule has 6 nitrogen and oxygen atoms in total. The number of aliphatic imine (C=N–C) groups is 1. The minimum atomic E-state index is -0.560. The van der Waals surface area contributed by atoms with Crippen LogP contribution in [0.15, 0.2) is 70.9 Å². The molecule has 0 aromatic heterocycles. The van der Waals surface area contributed by atoms with Gasteiger partial charge in [-0.2, -0.15) is 0 Å². The van der Waals surface area contributed by atoms with Crippen molar-refractivity contribution in [2.75, 3.05) is 12.4 Å². The predicted molar refractivity (Wildman–Crippen MR) is 125 cm³/mol. The summed E-state index contributed by atoms with van der Waals surface area (Å²) in [5.41, 5.74) is 2.91. The molecular formula is C25H26N2O4S. The highest BCUT2D eigenvalue weighted by atomic mass is 32.2. The number of nitrogens with zero attached hydrogens (tertiary/aromatic N) is 2. The number of thioether (sulfide) groups is 1. The lowest BCUT2D eigenvalue weighted by molar-refractivity contribution is -0.140. The van der Waals surface area contributed by atoms with Crippen LogP contribution in [0.1, 0.15) is 43.9 Å². The first kappa shape index (κ1) is 22.1. The van der Waals surface area contributed by atoms with E-state index in [1.165, 1.54) is 11.8 Å². The van der Waals surface area contributed by atoms with Gasteiger partial charge in [-0.1, -0.05) is 61.2 Å². The number of amidine groups is 1. The van der Waals surface area contributed by atoms with E-state index in [2.05, 4.69) is 4.99 Å². The van der Waals surface area contributed by atoms with Crippen molar-refractivity contribution in [3.8, 4) is 5.75 Å². The minimum absolute atomic E-state index is 0.0369. The summed E-state index contributed by atoms with van der Waals surface area (Å²) in [6.45, 7) is 4.54. The third-order valence-corrected chi connectivity index (χ3v) is 6.26. The van der Waals surface area contributed by atoms with Gasteiger partial charge in [0.1, 0.15) is 12.4 Å². The van der Waals surface area contributed by atoms with E-state index in [1.807, 2.05) is 61.5 Å². The molecule has 0 spiro atoms. The van der Waals surface area contributed by atoms with Crippen LogP contribution in [-0.2, 0) is 20.9 Å². The Morgan fingerprint density at radius 2 is 1.91 bits per heavy atom. The van der Waals surface area contributed by atoms with Crippen LogP contribution in [-0.4, -0.2) is 34.3 Å². The van der Waals surface area contributed by atoms with Crippen LogP contribution in [0.4, 0.5) is 0 Å². The van der Waals surface area contributed by atoms with Gasteiger partial charge in [0.25, 0.3) is 0 Å². The fourth-order valence-corrected chi connectivity index (χ4v) is 4.74. The summed E-state index contributed by atoms with van der Waals surface area (Å²) >= 11 is 1.54. The summed E-state index contributed by atoms with van der Waals surface area (Å²) in [6, 6.07) is 16.9. The molecule has 7 heteroatoms. The molecule has 0 aliphatic carbocycles. The standard InChI is InChI=1S/C25H26N2O4S/c1-3-14-30-24(29)22-17(2)26-25-27(21(28)13-15-32-25)23(22)19-9-11-20(12-10-19)31-16-18-7-5-4-6-8-18/h4-12,23H,3,13-16H2,1-2H3/t23-/m0/s1. The molecule has 1 atom stereocenters. The minimum Gasteiger partial charge on any atom is -0.489 e. The van der Waals surface area contributed by atoms with E-state index >= 15 is 0 Å². The van der Waals surface area contributed by atoms with Crippen LogP contribution in [0.2, 0.25) is 0 Å². The Morgan fingerprint density at radius 3 is 2.62 bits per heavy atom. The number of hydrogen-bond donors (Lipinski definition) is 0. The van der Waals surface area contributed by atoms with E-state index in [9.17, 15) is 9.59 Å². The molecule has 166 valence electrons. The van der Waals surface area contributed by atoms with E-state index in [1.54, 1.807) is 11.8 Å². The zero-order valence-electron chi connectivity index (χ0n) is 18.2. The van der Waals surface area contributed by atoms with Crippen molar-refractivity contribution in [3.05, 3.63) is 77.0 Å². The fourth-order valence-electron chi connectivity index (χ4n) is 3.73. The summed E-state index contributed by atoms with van der Waals surface area (Å²) in [7, 11) is 0. The van der Waals surface area contributed by atoms with Gasteiger partial charge in [-0.05, 0) is 36.6 Å². The van der Waals surface area contributed by atoms with Crippen molar-refractivity contribution in [1.82, 2.24) is 4.90 Å². The van der Waals surface area contributed by atoms with E-state index in [-0.39, 0.29) is 5.91 Å². The summed E-state index contributed by atoms with van der Waals surface area (Å²) in [5.74, 6) is 0.948. The zero-order chi connectivity index (χ0) is 22.5. The monoisotopic (exact) mass is 450 g/mol. The van der Waals surface area contributed by atoms with Gasteiger partial charge in [-0.3, -0.25) is 9.69 Å². The van der Waals surface area contributed by atoms with Crippen LogP contribution >= 0.6 is 11.8 Å². The number of allylic oxidation sites excluding steroid dienone is 1. The second-order valence-electron chi connectivity index (χ2n) is 7.64. The molecule has 0 N–H and O–H groups in total. The molecule has 2 aromatic rings. The molecule has 0 saturated carbocycles. The van der Waals surface area contributed by atoms with Gasteiger partial charge in [0.05, 0.1) is 23.9 Å². The molecular weight excluding hydrogens is 424 g/mol. The number of carbonyl (C=O) groups is 2. The number of esters is 1. The molecule has 0 unspecified atom stereocenters. The van der Waals surface area contributed by atoms with E-state index < -0.39 is 12.0 Å². The van der Waals surface area contributed by atoms with Crippen molar-refractivity contribution in [2.24, 2.45) is 4.99 Å². The van der Waals surface area contributed by atoms with Gasteiger partial charge < -0.3 is 9.47 Å². The molecule has 2 heterocycles. The Labute approximate surface area is 192 Å². The van der Waals surface area contributed by atoms with Crippen LogP contribution < -0.4 is 4.74 Å². The lowest BCUT2D eigenvalue weighted by atomic mass is 9.94. The first-order valence-electron chi connectivity index (χ1n) is 10.8. The molecule has 0 bridgehead atoms. The largest absolute Gasteiger partial charge is 0.489 e. The zero-order valence-corrected chi connectivity index (χ0v) is 19.1. The Bertz CT molecular complexity index is 1050. The number of hydrogen-bond acceptors (Lipinski definition) is 6. The molecule has 2 aliphatic heterocycles. The second-order valence-corrected chi connectivity index (χ2v) is 8.70. The van der Waals surface area contributed by atoms with Crippen LogP contribution in [0, 0.1) is 0 Å². The number of rotatable bonds is 7. The number of fused-ring (bicyclic) bond motifs is 1. The van der Waals surface area contributed by atoms with Gasteiger partial charge >= 0.3 is 5.97 Å². The maximum atomic E-state index is 12.9. The van der Waals surface area contributed by atoms with Crippen LogP contribution in [0.5, 0.6) is 5.75 Å². The average Bonchev–Trinajstić information content (AvgIpc) is 2.81. The summed E-state index contributed by atoms with van der Waals surface area (Å²) in [4.78, 5) is 32.0. The summed E-state index contributed by atoms with van der Waals surface area (Å²) in [6.07, 6.45) is 1.14. The maximum Gasteiger partial charge on any atom is 0.338 e. The highest BCUT2D eigenvalue weighted by molar-refractivity contribution is 8.14. The summed E-state index contributed by atoms with van der Waals surface area (Å²) < 4.78 is 11.3. The van der Waals surface area contributed by atoms with Gasteiger partial charge in [0.2, 0.25) is 5.91 Å². The quantitative estimate of drug-likeness (QED) is 0.563. The van der Waals surface area contributed by atoms with E-state index in [4.69, 9.17) is 9.47 Å². The molecule has 1 saturated heterocycles.